The first-order valence-electron chi connectivity index (χ1n) is 8.47. The van der Waals surface area contributed by atoms with Crippen molar-refractivity contribution in [2.45, 2.75) is 18.6 Å². The van der Waals surface area contributed by atoms with E-state index >= 15 is 0 Å². The molecule has 1 aromatic carbocycles. The van der Waals surface area contributed by atoms with Crippen LogP contribution in [-0.4, -0.2) is 69.5 Å². The maximum atomic E-state index is 12.4. The van der Waals surface area contributed by atoms with Gasteiger partial charge in [0.15, 0.2) is 11.0 Å². The summed E-state index contributed by atoms with van der Waals surface area (Å²) in [6, 6.07) is 5.31. The predicted octanol–water partition coefficient (Wildman–Crippen LogP) is 3.14. The third kappa shape index (κ3) is 4.34. The fourth-order valence-corrected chi connectivity index (χ4v) is 4.22. The van der Waals surface area contributed by atoms with Crippen molar-refractivity contribution in [3.8, 4) is 11.4 Å². The zero-order valence-corrected chi connectivity index (χ0v) is 17.1. The van der Waals surface area contributed by atoms with E-state index in [1.54, 1.807) is 12.1 Å². The van der Waals surface area contributed by atoms with Crippen LogP contribution >= 0.6 is 35.0 Å². The third-order valence-electron chi connectivity index (χ3n) is 4.39. The Labute approximate surface area is 167 Å². The van der Waals surface area contributed by atoms with Gasteiger partial charge in [-0.3, -0.25) is 4.79 Å². The first kappa shape index (κ1) is 19.5. The average molecular weight is 414 g/mol. The molecule has 1 aliphatic heterocycles. The van der Waals surface area contributed by atoms with E-state index in [0.29, 0.717) is 28.2 Å². The van der Waals surface area contributed by atoms with Crippen LogP contribution in [0.15, 0.2) is 23.4 Å². The minimum Gasteiger partial charge on any atom is -0.339 e. The summed E-state index contributed by atoms with van der Waals surface area (Å²) in [7, 11) is 2.07. The number of aromatic nitrogens is 3. The van der Waals surface area contributed by atoms with Crippen LogP contribution in [0.3, 0.4) is 0 Å². The molecule has 0 aliphatic carbocycles. The zero-order valence-electron chi connectivity index (χ0n) is 14.8. The van der Waals surface area contributed by atoms with E-state index in [4.69, 9.17) is 23.2 Å². The van der Waals surface area contributed by atoms with E-state index in [0.717, 1.165) is 36.9 Å². The molecule has 1 aliphatic rings. The van der Waals surface area contributed by atoms with Crippen LogP contribution < -0.4 is 0 Å². The topological polar surface area (TPSA) is 54.3 Å². The highest BCUT2D eigenvalue weighted by molar-refractivity contribution is 7.99. The Morgan fingerprint density at radius 3 is 2.58 bits per heavy atom. The Bertz CT molecular complexity index is 789. The number of nitrogens with zero attached hydrogens (tertiary/aromatic N) is 5. The molecule has 0 unspecified atom stereocenters. The lowest BCUT2D eigenvalue weighted by molar-refractivity contribution is -0.129. The Morgan fingerprint density at radius 2 is 1.92 bits per heavy atom. The molecule has 6 nitrogen and oxygen atoms in total. The number of hydrogen-bond acceptors (Lipinski definition) is 5. The van der Waals surface area contributed by atoms with Crippen molar-refractivity contribution in [1.29, 1.82) is 0 Å². The van der Waals surface area contributed by atoms with Crippen molar-refractivity contribution in [2.24, 2.45) is 0 Å². The van der Waals surface area contributed by atoms with E-state index in [-0.39, 0.29) is 5.91 Å². The molecule has 0 spiro atoms. The summed E-state index contributed by atoms with van der Waals surface area (Å²) in [5.41, 5.74) is 0.780. The lowest BCUT2D eigenvalue weighted by Crippen LogP contribution is -2.47. The van der Waals surface area contributed by atoms with Gasteiger partial charge in [0, 0.05) is 43.3 Å². The van der Waals surface area contributed by atoms with Crippen molar-refractivity contribution >= 4 is 40.9 Å². The Balaban J connectivity index is 1.71. The number of rotatable bonds is 5. The number of thioether (sulfide) groups is 1. The Morgan fingerprint density at radius 1 is 1.19 bits per heavy atom. The minimum atomic E-state index is 0.139. The number of piperazine rings is 1. The Kier molecular flexibility index (Phi) is 6.45. The van der Waals surface area contributed by atoms with Crippen molar-refractivity contribution in [3.05, 3.63) is 28.2 Å². The quantitative estimate of drug-likeness (QED) is 0.704. The Hall–Kier alpha value is -1.28. The lowest BCUT2D eigenvalue weighted by Gasteiger charge is -2.32. The largest absolute Gasteiger partial charge is 0.339 e. The number of carbonyl (C=O) groups is 1. The molecule has 26 heavy (non-hydrogen) atoms. The fourth-order valence-electron chi connectivity index (χ4n) is 2.82. The molecular formula is C17H21Cl2N5OS. The van der Waals surface area contributed by atoms with Crippen molar-refractivity contribution in [1.82, 2.24) is 24.6 Å². The first-order chi connectivity index (χ1) is 12.5. The zero-order chi connectivity index (χ0) is 18.7. The summed E-state index contributed by atoms with van der Waals surface area (Å²) in [6.07, 6.45) is 0. The van der Waals surface area contributed by atoms with Gasteiger partial charge < -0.3 is 14.4 Å². The summed E-state index contributed by atoms with van der Waals surface area (Å²) in [5.74, 6) is 1.18. The molecule has 140 valence electrons. The summed E-state index contributed by atoms with van der Waals surface area (Å²) in [6.45, 7) is 6.10. The van der Waals surface area contributed by atoms with Gasteiger partial charge in [-0.25, -0.2) is 0 Å². The maximum Gasteiger partial charge on any atom is 0.233 e. The second-order valence-electron chi connectivity index (χ2n) is 6.15. The van der Waals surface area contributed by atoms with Crippen molar-refractivity contribution in [3.63, 3.8) is 0 Å². The molecule has 1 aromatic heterocycles. The second-order valence-corrected chi connectivity index (χ2v) is 7.93. The van der Waals surface area contributed by atoms with Gasteiger partial charge in [0.2, 0.25) is 5.91 Å². The van der Waals surface area contributed by atoms with Crippen LogP contribution in [0.25, 0.3) is 11.4 Å². The molecule has 3 rings (SSSR count). The van der Waals surface area contributed by atoms with E-state index in [2.05, 4.69) is 22.1 Å². The number of amides is 1. The molecule has 0 saturated carbocycles. The molecule has 1 fully saturated rings. The van der Waals surface area contributed by atoms with Crippen LogP contribution in [0.5, 0.6) is 0 Å². The predicted molar refractivity (Wildman–Crippen MR) is 106 cm³/mol. The molecule has 0 atom stereocenters. The molecule has 1 amide bonds. The van der Waals surface area contributed by atoms with Gasteiger partial charge in [0.25, 0.3) is 0 Å². The monoisotopic (exact) mass is 413 g/mol. The van der Waals surface area contributed by atoms with Gasteiger partial charge in [-0.05, 0) is 32.2 Å². The SMILES string of the molecule is CCn1c(SCC(=O)N2CCN(C)CC2)nnc1-c1ccc(Cl)cc1Cl. The summed E-state index contributed by atoms with van der Waals surface area (Å²) >= 11 is 13.7. The molecule has 2 aromatic rings. The summed E-state index contributed by atoms with van der Waals surface area (Å²) in [4.78, 5) is 16.6. The van der Waals surface area contributed by atoms with E-state index in [1.165, 1.54) is 11.8 Å². The van der Waals surface area contributed by atoms with Gasteiger partial charge in [-0.1, -0.05) is 35.0 Å². The number of benzene rings is 1. The molecule has 1 saturated heterocycles. The third-order valence-corrected chi connectivity index (χ3v) is 5.89. The molecule has 0 bridgehead atoms. The van der Waals surface area contributed by atoms with Gasteiger partial charge in [0.1, 0.15) is 0 Å². The van der Waals surface area contributed by atoms with Crippen LogP contribution in [0, 0.1) is 0 Å². The van der Waals surface area contributed by atoms with Gasteiger partial charge in [-0.2, -0.15) is 0 Å². The lowest BCUT2D eigenvalue weighted by atomic mass is 10.2. The fraction of sp³-hybridized carbons (Fsp3) is 0.471. The number of hydrogen-bond donors (Lipinski definition) is 0. The normalized spacial score (nSPS) is 15.5. The number of likely N-dealkylation sites (N-methyl/N-ethyl adjacent to an activating group) is 1. The first-order valence-corrected chi connectivity index (χ1v) is 10.2. The van der Waals surface area contributed by atoms with Crippen LogP contribution in [-0.2, 0) is 11.3 Å². The highest BCUT2D eigenvalue weighted by Gasteiger charge is 2.21. The molecule has 0 N–H and O–H groups in total. The molecule has 2 heterocycles. The van der Waals surface area contributed by atoms with Gasteiger partial charge in [0.05, 0.1) is 10.8 Å². The van der Waals surface area contributed by atoms with E-state index < -0.39 is 0 Å². The maximum absolute atomic E-state index is 12.4. The van der Waals surface area contributed by atoms with Gasteiger partial charge >= 0.3 is 0 Å². The smallest absolute Gasteiger partial charge is 0.233 e. The number of carbonyl (C=O) groups excluding carboxylic acids is 1. The standard InChI is InChI=1S/C17H21Cl2N5OS/c1-3-24-16(13-5-4-12(18)10-14(13)19)20-21-17(24)26-11-15(25)23-8-6-22(2)7-9-23/h4-5,10H,3,6-9,11H2,1-2H3. The minimum absolute atomic E-state index is 0.139. The highest BCUT2D eigenvalue weighted by Crippen LogP contribution is 2.31. The van der Waals surface area contributed by atoms with Crippen molar-refractivity contribution in [2.75, 3.05) is 39.0 Å². The summed E-state index contributed by atoms with van der Waals surface area (Å²) in [5, 5.41) is 10.4. The van der Waals surface area contributed by atoms with E-state index in [1.807, 2.05) is 22.5 Å². The van der Waals surface area contributed by atoms with Crippen molar-refractivity contribution < 1.29 is 4.79 Å². The highest BCUT2D eigenvalue weighted by atomic mass is 35.5. The van der Waals surface area contributed by atoms with Crippen LogP contribution in [0.2, 0.25) is 10.0 Å². The van der Waals surface area contributed by atoms with Crippen LogP contribution in [0.1, 0.15) is 6.92 Å². The van der Waals surface area contributed by atoms with E-state index in [9.17, 15) is 4.79 Å². The molecular weight excluding hydrogens is 393 g/mol. The van der Waals surface area contributed by atoms with Gasteiger partial charge in [-0.15, -0.1) is 10.2 Å². The van der Waals surface area contributed by atoms with Crippen LogP contribution in [0.4, 0.5) is 0 Å². The molecule has 9 heteroatoms. The second kappa shape index (κ2) is 8.61. The number of halogens is 2. The summed E-state index contributed by atoms with van der Waals surface area (Å²) < 4.78 is 1.97. The average Bonchev–Trinajstić information content (AvgIpc) is 3.03. The molecule has 0 radical (unpaired) electrons.